The number of benzene rings is 1. The van der Waals surface area contributed by atoms with Crippen molar-refractivity contribution < 1.29 is 23.5 Å². The molecule has 1 aromatic carbocycles. The standard InChI is InChI=1S/C20H17Cl3FN5O4/c1-28(18-11(9-32-2)4-3-7-25-18)20(31)33-10-29-17(23)15(24)16(27-29)19(30)26-14-6-5-12(21)8-13(14)22/h3-8H,9-10H2,1-2H3,(H,26,30). The average Bonchev–Trinajstić information content (AvgIpc) is 3.08. The molecule has 0 saturated carbocycles. The van der Waals surface area contributed by atoms with Crippen molar-refractivity contribution in [2.75, 3.05) is 24.4 Å². The van der Waals surface area contributed by atoms with Gasteiger partial charge in [-0.3, -0.25) is 9.69 Å². The molecule has 2 amide bonds. The van der Waals surface area contributed by atoms with Crippen LogP contribution in [0.15, 0.2) is 36.5 Å². The van der Waals surface area contributed by atoms with E-state index in [9.17, 15) is 14.0 Å². The molecular weight excluding hydrogens is 500 g/mol. The monoisotopic (exact) mass is 515 g/mol. The maximum Gasteiger partial charge on any atom is 0.417 e. The highest BCUT2D eigenvalue weighted by atomic mass is 35.5. The predicted molar refractivity (Wildman–Crippen MR) is 121 cm³/mol. The number of amides is 2. The number of carbonyl (C=O) groups excluding carboxylic acids is 2. The third-order valence-electron chi connectivity index (χ3n) is 4.30. The zero-order valence-electron chi connectivity index (χ0n) is 17.3. The van der Waals surface area contributed by atoms with Crippen molar-refractivity contribution >= 4 is 58.3 Å². The molecule has 3 aromatic rings. The number of carbonyl (C=O) groups is 2. The van der Waals surface area contributed by atoms with Crippen LogP contribution in [0.2, 0.25) is 15.2 Å². The molecular formula is C20H17Cl3FN5O4. The molecule has 0 atom stereocenters. The number of pyridine rings is 1. The molecule has 0 unspecified atom stereocenters. The van der Waals surface area contributed by atoms with Crippen molar-refractivity contribution in [2.24, 2.45) is 0 Å². The van der Waals surface area contributed by atoms with Gasteiger partial charge in [-0.2, -0.15) is 5.10 Å². The number of anilines is 2. The van der Waals surface area contributed by atoms with Gasteiger partial charge in [-0.15, -0.1) is 0 Å². The lowest BCUT2D eigenvalue weighted by Gasteiger charge is -2.18. The minimum absolute atomic E-state index is 0.154. The molecule has 0 aliphatic rings. The van der Waals surface area contributed by atoms with Gasteiger partial charge in [0, 0.05) is 30.9 Å². The van der Waals surface area contributed by atoms with Crippen LogP contribution in [0.3, 0.4) is 0 Å². The van der Waals surface area contributed by atoms with Gasteiger partial charge in [-0.1, -0.05) is 40.9 Å². The molecule has 2 aromatic heterocycles. The first-order valence-corrected chi connectivity index (χ1v) is 10.4. The summed E-state index contributed by atoms with van der Waals surface area (Å²) in [6.45, 7) is -0.326. The third-order valence-corrected chi connectivity index (χ3v) is 5.21. The van der Waals surface area contributed by atoms with Crippen molar-refractivity contribution in [3.05, 3.63) is 68.8 Å². The van der Waals surface area contributed by atoms with Gasteiger partial charge < -0.3 is 14.8 Å². The largest absolute Gasteiger partial charge is 0.426 e. The number of hydrogen-bond donors (Lipinski definition) is 1. The van der Waals surface area contributed by atoms with Crippen molar-refractivity contribution in [3.63, 3.8) is 0 Å². The molecule has 0 saturated heterocycles. The van der Waals surface area contributed by atoms with E-state index in [1.807, 2.05) is 0 Å². The van der Waals surface area contributed by atoms with Crippen LogP contribution in [0, 0.1) is 5.82 Å². The number of methoxy groups -OCH3 is 1. The van der Waals surface area contributed by atoms with E-state index in [0.717, 1.165) is 9.58 Å². The van der Waals surface area contributed by atoms with Gasteiger partial charge in [0.1, 0.15) is 5.82 Å². The van der Waals surface area contributed by atoms with Crippen LogP contribution in [0.1, 0.15) is 16.1 Å². The summed E-state index contributed by atoms with van der Waals surface area (Å²) in [7, 11) is 2.96. The summed E-state index contributed by atoms with van der Waals surface area (Å²) in [5.41, 5.74) is 0.247. The lowest BCUT2D eigenvalue weighted by Crippen LogP contribution is -2.29. The SMILES string of the molecule is COCc1cccnc1N(C)C(=O)OCn1nc(C(=O)Nc2ccc(Cl)cc2Cl)c(F)c1Cl. The van der Waals surface area contributed by atoms with E-state index in [0.29, 0.717) is 16.4 Å². The van der Waals surface area contributed by atoms with E-state index in [4.69, 9.17) is 44.3 Å². The van der Waals surface area contributed by atoms with Gasteiger partial charge in [-0.05, 0) is 24.3 Å². The summed E-state index contributed by atoms with van der Waals surface area (Å²) in [4.78, 5) is 30.2. The molecule has 9 nitrogen and oxygen atoms in total. The van der Waals surface area contributed by atoms with Gasteiger partial charge in [-0.25, -0.2) is 18.9 Å². The van der Waals surface area contributed by atoms with E-state index in [-0.39, 0.29) is 17.3 Å². The highest BCUT2D eigenvalue weighted by Gasteiger charge is 2.24. The average molecular weight is 517 g/mol. The zero-order valence-corrected chi connectivity index (χ0v) is 19.6. The fourth-order valence-electron chi connectivity index (χ4n) is 2.72. The van der Waals surface area contributed by atoms with Crippen LogP contribution in [0.25, 0.3) is 0 Å². The van der Waals surface area contributed by atoms with Crippen LogP contribution in [0.4, 0.5) is 20.7 Å². The van der Waals surface area contributed by atoms with Crippen molar-refractivity contribution in [1.82, 2.24) is 14.8 Å². The molecule has 0 radical (unpaired) electrons. The summed E-state index contributed by atoms with van der Waals surface area (Å²) in [6, 6.07) is 7.81. The number of nitrogens with zero attached hydrogens (tertiary/aromatic N) is 4. The highest BCUT2D eigenvalue weighted by Crippen LogP contribution is 2.27. The first-order valence-electron chi connectivity index (χ1n) is 9.24. The Labute approximate surface area is 202 Å². The first kappa shape index (κ1) is 24.7. The summed E-state index contributed by atoms with van der Waals surface area (Å²) < 4.78 is 25.6. The summed E-state index contributed by atoms with van der Waals surface area (Å²) >= 11 is 17.8. The Bertz CT molecular complexity index is 1190. The van der Waals surface area contributed by atoms with E-state index < -0.39 is 35.4 Å². The third kappa shape index (κ3) is 5.72. The zero-order chi connectivity index (χ0) is 24.1. The van der Waals surface area contributed by atoms with Gasteiger partial charge in [0.15, 0.2) is 23.4 Å². The van der Waals surface area contributed by atoms with Crippen LogP contribution >= 0.6 is 34.8 Å². The maximum absolute atomic E-state index is 14.5. The summed E-state index contributed by atoms with van der Waals surface area (Å²) in [5.74, 6) is -1.67. The Hall–Kier alpha value is -2.92. The number of aromatic nitrogens is 3. The summed E-state index contributed by atoms with van der Waals surface area (Å²) in [6.07, 6.45) is 0.701. The van der Waals surface area contributed by atoms with E-state index >= 15 is 0 Å². The number of ether oxygens (including phenoxy) is 2. The van der Waals surface area contributed by atoms with Crippen molar-refractivity contribution in [1.29, 1.82) is 0 Å². The van der Waals surface area contributed by atoms with Gasteiger partial charge in [0.05, 0.1) is 17.3 Å². The Morgan fingerprint density at radius 2 is 2.00 bits per heavy atom. The van der Waals surface area contributed by atoms with E-state index in [1.54, 1.807) is 12.1 Å². The summed E-state index contributed by atoms with van der Waals surface area (Å²) in [5, 5.41) is 6.22. The normalized spacial score (nSPS) is 10.7. The number of rotatable bonds is 7. The molecule has 0 aliphatic carbocycles. The van der Waals surface area contributed by atoms with Crippen LogP contribution in [0.5, 0.6) is 0 Å². The molecule has 3 rings (SSSR count). The van der Waals surface area contributed by atoms with Crippen molar-refractivity contribution in [2.45, 2.75) is 13.3 Å². The fraction of sp³-hybridized carbons (Fsp3) is 0.200. The minimum Gasteiger partial charge on any atom is -0.426 e. The number of halogens is 4. The molecule has 0 aliphatic heterocycles. The van der Waals surface area contributed by atoms with Crippen LogP contribution in [-0.4, -0.2) is 40.9 Å². The lowest BCUT2D eigenvalue weighted by atomic mass is 10.2. The van der Waals surface area contributed by atoms with Gasteiger partial charge in [0.2, 0.25) is 0 Å². The Kier molecular flexibility index (Phi) is 8.09. The molecule has 33 heavy (non-hydrogen) atoms. The molecule has 0 spiro atoms. The fourth-order valence-corrected chi connectivity index (χ4v) is 3.35. The Morgan fingerprint density at radius 3 is 2.70 bits per heavy atom. The molecule has 174 valence electrons. The topological polar surface area (TPSA) is 98.6 Å². The number of hydrogen-bond acceptors (Lipinski definition) is 6. The number of nitrogens with one attached hydrogen (secondary N) is 1. The minimum atomic E-state index is -1.09. The second kappa shape index (κ2) is 10.8. The van der Waals surface area contributed by atoms with Crippen LogP contribution in [-0.2, 0) is 22.8 Å². The van der Waals surface area contributed by atoms with Gasteiger partial charge in [0.25, 0.3) is 5.91 Å². The Balaban J connectivity index is 1.70. The molecule has 2 heterocycles. The molecule has 13 heteroatoms. The molecule has 1 N–H and O–H groups in total. The first-order chi connectivity index (χ1) is 15.7. The van der Waals surface area contributed by atoms with E-state index in [1.165, 1.54) is 38.6 Å². The van der Waals surface area contributed by atoms with Gasteiger partial charge >= 0.3 is 6.09 Å². The lowest BCUT2D eigenvalue weighted by molar-refractivity contribution is 0.101. The highest BCUT2D eigenvalue weighted by molar-refractivity contribution is 6.37. The second-order valence-corrected chi connectivity index (χ2v) is 7.75. The molecule has 0 fully saturated rings. The van der Waals surface area contributed by atoms with Crippen molar-refractivity contribution in [3.8, 4) is 0 Å². The maximum atomic E-state index is 14.5. The predicted octanol–water partition coefficient (Wildman–Crippen LogP) is 5.01. The van der Waals surface area contributed by atoms with E-state index in [2.05, 4.69) is 15.4 Å². The molecule has 0 bridgehead atoms. The van der Waals surface area contributed by atoms with Crippen LogP contribution < -0.4 is 10.2 Å². The quantitative estimate of drug-likeness (QED) is 0.474. The smallest absolute Gasteiger partial charge is 0.417 e. The second-order valence-electron chi connectivity index (χ2n) is 6.55. The Morgan fingerprint density at radius 1 is 1.24 bits per heavy atom.